The molecule has 0 N–H and O–H groups in total. The molecule has 0 bridgehead atoms. The van der Waals surface area contributed by atoms with E-state index < -0.39 is 0 Å². The molecule has 4 rings (SSSR count). The maximum atomic E-state index is 13.0. The lowest BCUT2D eigenvalue weighted by molar-refractivity contribution is -0.138. The predicted molar refractivity (Wildman–Crippen MR) is 109 cm³/mol. The molecule has 0 radical (unpaired) electrons. The third kappa shape index (κ3) is 4.22. The van der Waals surface area contributed by atoms with Crippen molar-refractivity contribution in [3.05, 3.63) is 29.8 Å². The van der Waals surface area contributed by atoms with Crippen molar-refractivity contribution in [3.8, 4) is 5.75 Å². The summed E-state index contributed by atoms with van der Waals surface area (Å²) >= 11 is 0. The molecule has 8 heteroatoms. The second-order valence-corrected chi connectivity index (χ2v) is 8.16. The van der Waals surface area contributed by atoms with Crippen molar-refractivity contribution in [2.75, 3.05) is 46.4 Å². The van der Waals surface area contributed by atoms with Gasteiger partial charge in [0, 0.05) is 43.7 Å². The number of carbonyl (C=O) groups is 3. The molecular weight excluding hydrogens is 386 g/mol. The molecule has 0 unspecified atom stereocenters. The summed E-state index contributed by atoms with van der Waals surface area (Å²) in [6.07, 6.45) is 2.75. The largest absolute Gasteiger partial charge is 0.497 e. The Morgan fingerprint density at radius 3 is 2.33 bits per heavy atom. The molecule has 0 aromatic heterocycles. The number of ether oxygens (including phenoxy) is 2. The van der Waals surface area contributed by atoms with Gasteiger partial charge < -0.3 is 24.2 Å². The van der Waals surface area contributed by atoms with Crippen LogP contribution < -0.4 is 4.74 Å². The van der Waals surface area contributed by atoms with Crippen LogP contribution in [0.3, 0.4) is 0 Å². The lowest BCUT2D eigenvalue weighted by Gasteiger charge is -2.39. The summed E-state index contributed by atoms with van der Waals surface area (Å²) in [6.45, 7) is 3.64. The molecule has 0 aliphatic carbocycles. The van der Waals surface area contributed by atoms with Gasteiger partial charge in [-0.1, -0.05) is 6.07 Å². The highest BCUT2D eigenvalue weighted by molar-refractivity contribution is 5.94. The molecule has 0 saturated carbocycles. The van der Waals surface area contributed by atoms with Crippen LogP contribution in [-0.2, 0) is 9.53 Å². The Morgan fingerprint density at radius 2 is 1.70 bits per heavy atom. The third-order valence-electron chi connectivity index (χ3n) is 6.46. The maximum Gasteiger partial charge on any atom is 0.410 e. The maximum absolute atomic E-state index is 13.0. The second kappa shape index (κ2) is 8.93. The molecule has 3 amide bonds. The Labute approximate surface area is 176 Å². The molecule has 3 fully saturated rings. The first-order valence-electron chi connectivity index (χ1n) is 10.7. The number of carbonyl (C=O) groups excluding carboxylic acids is 3. The summed E-state index contributed by atoms with van der Waals surface area (Å²) in [7, 11) is 1.58. The van der Waals surface area contributed by atoms with Gasteiger partial charge in [0.05, 0.1) is 13.7 Å². The van der Waals surface area contributed by atoms with E-state index in [1.165, 1.54) is 0 Å². The normalized spacial score (nSPS) is 21.0. The molecule has 1 aromatic carbocycles. The first-order chi connectivity index (χ1) is 14.6. The van der Waals surface area contributed by atoms with E-state index in [1.807, 2.05) is 21.9 Å². The number of amides is 3. The second-order valence-electron chi connectivity index (χ2n) is 8.16. The zero-order chi connectivity index (χ0) is 21.1. The van der Waals surface area contributed by atoms with E-state index in [9.17, 15) is 14.4 Å². The average Bonchev–Trinajstić information content (AvgIpc) is 3.24. The molecule has 1 aromatic rings. The van der Waals surface area contributed by atoms with Crippen LogP contribution in [0.2, 0.25) is 0 Å². The average molecular weight is 415 g/mol. The molecule has 30 heavy (non-hydrogen) atoms. The number of hydrogen-bond acceptors (Lipinski definition) is 5. The van der Waals surface area contributed by atoms with Gasteiger partial charge in [-0.2, -0.15) is 0 Å². The van der Waals surface area contributed by atoms with Crippen LogP contribution in [0.5, 0.6) is 5.75 Å². The van der Waals surface area contributed by atoms with Crippen LogP contribution in [0, 0.1) is 5.92 Å². The van der Waals surface area contributed by atoms with Crippen molar-refractivity contribution in [1.29, 1.82) is 0 Å². The molecule has 162 valence electrons. The van der Waals surface area contributed by atoms with Gasteiger partial charge in [-0.05, 0) is 43.9 Å². The monoisotopic (exact) mass is 415 g/mol. The Morgan fingerprint density at radius 1 is 1.00 bits per heavy atom. The first-order valence-corrected chi connectivity index (χ1v) is 10.7. The summed E-state index contributed by atoms with van der Waals surface area (Å²) in [6, 6.07) is 7.35. The molecule has 3 aliphatic heterocycles. The van der Waals surface area contributed by atoms with E-state index in [1.54, 1.807) is 24.1 Å². The molecule has 3 aliphatic rings. The van der Waals surface area contributed by atoms with Crippen LogP contribution in [0.15, 0.2) is 24.3 Å². The van der Waals surface area contributed by atoms with Gasteiger partial charge in [-0.25, -0.2) is 4.79 Å². The Kier molecular flexibility index (Phi) is 6.11. The van der Waals surface area contributed by atoms with Gasteiger partial charge in [-0.3, -0.25) is 9.59 Å². The summed E-state index contributed by atoms with van der Waals surface area (Å²) in [5.41, 5.74) is 0.613. The van der Waals surface area contributed by atoms with E-state index in [0.717, 1.165) is 12.8 Å². The number of benzene rings is 1. The van der Waals surface area contributed by atoms with Gasteiger partial charge in [0.2, 0.25) is 5.91 Å². The van der Waals surface area contributed by atoms with Crippen LogP contribution in [0.4, 0.5) is 4.79 Å². The zero-order valence-electron chi connectivity index (χ0n) is 17.4. The zero-order valence-corrected chi connectivity index (χ0v) is 17.4. The van der Waals surface area contributed by atoms with Gasteiger partial charge >= 0.3 is 6.09 Å². The van der Waals surface area contributed by atoms with E-state index >= 15 is 0 Å². The highest BCUT2D eigenvalue weighted by Gasteiger charge is 2.36. The van der Waals surface area contributed by atoms with Crippen molar-refractivity contribution in [3.63, 3.8) is 0 Å². The van der Waals surface area contributed by atoms with E-state index in [2.05, 4.69) is 0 Å². The van der Waals surface area contributed by atoms with Crippen molar-refractivity contribution >= 4 is 17.9 Å². The van der Waals surface area contributed by atoms with Crippen LogP contribution in [0.1, 0.15) is 36.0 Å². The minimum Gasteiger partial charge on any atom is -0.497 e. The number of likely N-dealkylation sites (tertiary alicyclic amines) is 2. The smallest absolute Gasteiger partial charge is 0.410 e. The fraction of sp³-hybridized carbons (Fsp3) is 0.591. The van der Waals surface area contributed by atoms with Crippen molar-refractivity contribution in [2.24, 2.45) is 5.92 Å². The van der Waals surface area contributed by atoms with Crippen LogP contribution in [-0.4, -0.2) is 85.1 Å². The summed E-state index contributed by atoms with van der Waals surface area (Å²) in [4.78, 5) is 43.0. The van der Waals surface area contributed by atoms with Crippen molar-refractivity contribution in [2.45, 2.75) is 31.7 Å². The third-order valence-corrected chi connectivity index (χ3v) is 6.46. The van der Waals surface area contributed by atoms with Gasteiger partial charge in [0.25, 0.3) is 5.91 Å². The molecule has 0 atom stereocenters. The number of nitrogens with zero attached hydrogens (tertiary/aromatic N) is 3. The molecular formula is C22H29N3O5. The first kappa shape index (κ1) is 20.5. The van der Waals surface area contributed by atoms with Crippen LogP contribution in [0.25, 0.3) is 0 Å². The van der Waals surface area contributed by atoms with Gasteiger partial charge in [0.15, 0.2) is 0 Å². The Hall–Kier alpha value is -2.77. The minimum atomic E-state index is -0.229. The molecule has 0 spiro atoms. The number of cyclic esters (lactones) is 1. The van der Waals surface area contributed by atoms with E-state index in [0.29, 0.717) is 63.5 Å². The van der Waals surface area contributed by atoms with E-state index in [-0.39, 0.29) is 29.9 Å². The highest BCUT2D eigenvalue weighted by Crippen LogP contribution is 2.26. The predicted octanol–water partition coefficient (Wildman–Crippen LogP) is 1.99. The summed E-state index contributed by atoms with van der Waals surface area (Å²) < 4.78 is 10.2. The topological polar surface area (TPSA) is 79.4 Å². The van der Waals surface area contributed by atoms with Crippen molar-refractivity contribution in [1.82, 2.24) is 14.7 Å². The summed E-state index contributed by atoms with van der Waals surface area (Å²) in [5.74, 6) is 0.799. The van der Waals surface area contributed by atoms with Gasteiger partial charge in [-0.15, -0.1) is 0 Å². The van der Waals surface area contributed by atoms with Crippen molar-refractivity contribution < 1.29 is 23.9 Å². The SMILES string of the molecule is COc1cccc(C(=O)N2CCC(C(=O)N3CCC(N4CCOC4=O)CC3)CC2)c1. The molecule has 3 heterocycles. The lowest BCUT2D eigenvalue weighted by Crippen LogP contribution is -2.50. The highest BCUT2D eigenvalue weighted by atomic mass is 16.6. The number of methoxy groups -OCH3 is 1. The van der Waals surface area contributed by atoms with Crippen LogP contribution >= 0.6 is 0 Å². The Bertz CT molecular complexity index is 798. The number of piperidine rings is 2. The lowest BCUT2D eigenvalue weighted by atomic mass is 9.93. The van der Waals surface area contributed by atoms with E-state index in [4.69, 9.17) is 9.47 Å². The Balaban J connectivity index is 1.26. The quantitative estimate of drug-likeness (QED) is 0.752. The van der Waals surface area contributed by atoms with Gasteiger partial charge in [0.1, 0.15) is 12.4 Å². The standard InChI is InChI=1S/C22H29N3O5/c1-29-19-4-2-3-17(15-19)21(27)23-9-5-16(6-10-23)20(26)24-11-7-18(8-12-24)25-13-14-30-22(25)28/h2-4,15-16,18H,5-14H2,1H3. The fourth-order valence-electron chi connectivity index (χ4n) is 4.66. The molecule has 3 saturated heterocycles. The minimum absolute atomic E-state index is 0.0156. The number of rotatable bonds is 4. The fourth-order valence-corrected chi connectivity index (χ4v) is 4.66. The molecule has 8 nitrogen and oxygen atoms in total. The number of hydrogen-bond donors (Lipinski definition) is 0. The summed E-state index contributed by atoms with van der Waals surface area (Å²) in [5, 5.41) is 0.